The van der Waals surface area contributed by atoms with Gasteiger partial charge >= 0.3 is 0 Å². The maximum Gasteiger partial charge on any atom is 0.162 e. The van der Waals surface area contributed by atoms with Gasteiger partial charge in [-0.25, -0.2) is 4.39 Å². The summed E-state index contributed by atoms with van der Waals surface area (Å²) in [6.45, 7) is 0. The van der Waals surface area contributed by atoms with Crippen LogP contribution in [0.1, 0.15) is 28.8 Å². The van der Waals surface area contributed by atoms with Crippen molar-refractivity contribution in [2.45, 2.75) is 19.3 Å². The molecule has 1 nitrogen and oxygen atoms in total. The molecular formula is C16H14ClFO. The van der Waals surface area contributed by atoms with Gasteiger partial charge in [0.1, 0.15) is 5.82 Å². The third-order valence-corrected chi connectivity index (χ3v) is 3.34. The molecule has 2 aromatic rings. The molecular weight excluding hydrogens is 263 g/mol. The van der Waals surface area contributed by atoms with Crippen LogP contribution in [0.3, 0.4) is 0 Å². The molecule has 0 amide bonds. The Morgan fingerprint density at radius 2 is 1.79 bits per heavy atom. The summed E-state index contributed by atoms with van der Waals surface area (Å²) in [6.07, 6.45) is 1.47. The van der Waals surface area contributed by atoms with Crippen molar-refractivity contribution in [3.05, 3.63) is 70.5 Å². The fourth-order valence-electron chi connectivity index (χ4n) is 1.97. The lowest BCUT2D eigenvalue weighted by atomic mass is 10.0. The molecule has 0 aliphatic carbocycles. The number of halogens is 2. The molecule has 98 valence electrons. The maximum absolute atomic E-state index is 13.5. The number of carbonyl (C=O) groups is 1. The fraction of sp³-hybridized carbons (Fsp3) is 0.188. The molecule has 2 rings (SSSR count). The quantitative estimate of drug-likeness (QED) is 0.725. The van der Waals surface area contributed by atoms with E-state index >= 15 is 0 Å². The lowest BCUT2D eigenvalue weighted by molar-refractivity contribution is 0.0980. The summed E-state index contributed by atoms with van der Waals surface area (Å²) in [5.41, 5.74) is 1.19. The molecule has 2 aromatic carbocycles. The molecule has 19 heavy (non-hydrogen) atoms. The standard InChI is InChI=1S/C16H14ClFO/c17-14-9-5-10-15(18)13(14)8-4-11-16(19)12-6-2-1-3-7-12/h1-3,5-7,9-10H,4,8,11H2. The van der Waals surface area contributed by atoms with Gasteiger partial charge in [0.2, 0.25) is 0 Å². The van der Waals surface area contributed by atoms with E-state index in [1.165, 1.54) is 6.07 Å². The van der Waals surface area contributed by atoms with E-state index in [1.807, 2.05) is 18.2 Å². The average molecular weight is 277 g/mol. The predicted molar refractivity (Wildman–Crippen MR) is 75.1 cm³/mol. The van der Waals surface area contributed by atoms with Gasteiger partial charge in [0.05, 0.1) is 0 Å². The lowest BCUT2D eigenvalue weighted by Crippen LogP contribution is -2.00. The number of carbonyl (C=O) groups excluding carboxylic acids is 1. The van der Waals surface area contributed by atoms with Crippen LogP contribution in [-0.4, -0.2) is 5.78 Å². The van der Waals surface area contributed by atoms with Gasteiger partial charge in [0.15, 0.2) is 5.78 Å². The van der Waals surface area contributed by atoms with Crippen molar-refractivity contribution < 1.29 is 9.18 Å². The van der Waals surface area contributed by atoms with Crippen molar-refractivity contribution in [3.8, 4) is 0 Å². The number of Topliss-reactive ketones (excluding diaryl/α,β-unsaturated/α-hetero) is 1. The van der Waals surface area contributed by atoms with Gasteiger partial charge in [-0.05, 0) is 25.0 Å². The summed E-state index contributed by atoms with van der Waals surface area (Å²) in [4.78, 5) is 11.9. The first-order chi connectivity index (χ1) is 9.18. The van der Waals surface area contributed by atoms with Crippen LogP contribution in [0.4, 0.5) is 4.39 Å². The topological polar surface area (TPSA) is 17.1 Å². The van der Waals surface area contributed by atoms with Crippen LogP contribution < -0.4 is 0 Å². The zero-order chi connectivity index (χ0) is 13.7. The Morgan fingerprint density at radius 1 is 1.05 bits per heavy atom. The molecule has 0 bridgehead atoms. The Labute approximate surface area is 117 Å². The van der Waals surface area contributed by atoms with Crippen molar-refractivity contribution in [1.82, 2.24) is 0 Å². The molecule has 0 radical (unpaired) electrons. The van der Waals surface area contributed by atoms with Crippen LogP contribution in [0.15, 0.2) is 48.5 Å². The number of ketones is 1. The number of rotatable bonds is 5. The van der Waals surface area contributed by atoms with Crippen molar-refractivity contribution in [3.63, 3.8) is 0 Å². The zero-order valence-electron chi connectivity index (χ0n) is 10.4. The second-order valence-corrected chi connectivity index (χ2v) is 4.75. The Hall–Kier alpha value is -1.67. The number of hydrogen-bond donors (Lipinski definition) is 0. The third-order valence-electron chi connectivity index (χ3n) is 2.99. The van der Waals surface area contributed by atoms with E-state index in [0.717, 1.165) is 0 Å². The van der Waals surface area contributed by atoms with E-state index in [0.29, 0.717) is 35.4 Å². The smallest absolute Gasteiger partial charge is 0.162 e. The van der Waals surface area contributed by atoms with Gasteiger partial charge in [0.25, 0.3) is 0 Å². The van der Waals surface area contributed by atoms with E-state index in [-0.39, 0.29) is 11.6 Å². The highest BCUT2D eigenvalue weighted by Gasteiger charge is 2.09. The maximum atomic E-state index is 13.5. The van der Waals surface area contributed by atoms with Crippen LogP contribution in [-0.2, 0) is 6.42 Å². The van der Waals surface area contributed by atoms with Crippen molar-refractivity contribution in [1.29, 1.82) is 0 Å². The molecule has 0 saturated heterocycles. The highest BCUT2D eigenvalue weighted by Crippen LogP contribution is 2.21. The van der Waals surface area contributed by atoms with Gasteiger partial charge in [-0.2, -0.15) is 0 Å². The summed E-state index contributed by atoms with van der Waals surface area (Å²) < 4.78 is 13.5. The molecule has 0 unspecified atom stereocenters. The van der Waals surface area contributed by atoms with Crippen LogP contribution in [0.5, 0.6) is 0 Å². The highest BCUT2D eigenvalue weighted by molar-refractivity contribution is 6.31. The summed E-state index contributed by atoms with van der Waals surface area (Å²) in [5, 5.41) is 0.423. The first-order valence-electron chi connectivity index (χ1n) is 6.19. The molecule has 0 spiro atoms. The van der Waals surface area contributed by atoms with E-state index < -0.39 is 0 Å². The van der Waals surface area contributed by atoms with Crippen LogP contribution in [0.2, 0.25) is 5.02 Å². The summed E-state index contributed by atoms with van der Waals surface area (Å²) in [5.74, 6) is -0.229. The molecule has 0 saturated carbocycles. The average Bonchev–Trinajstić information content (AvgIpc) is 2.43. The number of hydrogen-bond acceptors (Lipinski definition) is 1. The summed E-state index contributed by atoms with van der Waals surface area (Å²) in [6, 6.07) is 13.8. The minimum atomic E-state index is -0.306. The normalized spacial score (nSPS) is 10.4. The molecule has 3 heteroatoms. The van der Waals surface area contributed by atoms with E-state index in [9.17, 15) is 9.18 Å². The highest BCUT2D eigenvalue weighted by atomic mass is 35.5. The largest absolute Gasteiger partial charge is 0.294 e. The molecule has 0 aromatic heterocycles. The minimum Gasteiger partial charge on any atom is -0.294 e. The fourth-order valence-corrected chi connectivity index (χ4v) is 2.22. The summed E-state index contributed by atoms with van der Waals surface area (Å²) in [7, 11) is 0. The summed E-state index contributed by atoms with van der Waals surface area (Å²) >= 11 is 5.94. The Morgan fingerprint density at radius 3 is 2.47 bits per heavy atom. The van der Waals surface area contributed by atoms with Gasteiger partial charge in [-0.1, -0.05) is 48.0 Å². The second-order valence-electron chi connectivity index (χ2n) is 4.34. The van der Waals surface area contributed by atoms with Gasteiger partial charge < -0.3 is 0 Å². The third kappa shape index (κ3) is 3.65. The molecule has 0 N–H and O–H groups in total. The van der Waals surface area contributed by atoms with E-state index in [4.69, 9.17) is 11.6 Å². The van der Waals surface area contributed by atoms with E-state index in [1.54, 1.807) is 24.3 Å². The molecule has 0 fully saturated rings. The SMILES string of the molecule is O=C(CCCc1c(F)cccc1Cl)c1ccccc1. The van der Waals surface area contributed by atoms with Crippen LogP contribution >= 0.6 is 11.6 Å². The second kappa shape index (κ2) is 6.48. The molecule has 0 aliphatic rings. The van der Waals surface area contributed by atoms with E-state index in [2.05, 4.69) is 0 Å². The van der Waals surface area contributed by atoms with Crippen LogP contribution in [0, 0.1) is 5.82 Å². The minimum absolute atomic E-state index is 0.0769. The first kappa shape index (κ1) is 13.8. The molecule has 0 atom stereocenters. The Bertz CT molecular complexity index is 546. The van der Waals surface area contributed by atoms with Crippen LogP contribution in [0.25, 0.3) is 0 Å². The first-order valence-corrected chi connectivity index (χ1v) is 6.57. The lowest BCUT2D eigenvalue weighted by Gasteiger charge is -2.05. The van der Waals surface area contributed by atoms with Crippen molar-refractivity contribution in [2.75, 3.05) is 0 Å². The molecule has 0 aliphatic heterocycles. The van der Waals surface area contributed by atoms with Gasteiger partial charge in [-0.3, -0.25) is 4.79 Å². The molecule has 0 heterocycles. The monoisotopic (exact) mass is 276 g/mol. The Kier molecular flexibility index (Phi) is 4.69. The van der Waals surface area contributed by atoms with Gasteiger partial charge in [-0.15, -0.1) is 0 Å². The Balaban J connectivity index is 1.92. The zero-order valence-corrected chi connectivity index (χ0v) is 11.2. The van der Waals surface area contributed by atoms with Crippen molar-refractivity contribution in [2.24, 2.45) is 0 Å². The van der Waals surface area contributed by atoms with Crippen molar-refractivity contribution >= 4 is 17.4 Å². The number of benzene rings is 2. The van der Waals surface area contributed by atoms with Gasteiger partial charge in [0, 0.05) is 22.6 Å². The predicted octanol–water partition coefficient (Wildman–Crippen LogP) is 4.68.